The van der Waals surface area contributed by atoms with Crippen molar-refractivity contribution in [1.29, 1.82) is 0 Å². The van der Waals surface area contributed by atoms with Gasteiger partial charge >= 0.3 is 0 Å². The number of carbonyl (C=O) groups excluding carboxylic acids is 1. The van der Waals surface area contributed by atoms with Crippen molar-refractivity contribution in [3.8, 4) is 0 Å². The maximum absolute atomic E-state index is 12.8. The number of piperazine rings is 1. The molecule has 1 aliphatic carbocycles. The molecule has 2 aromatic rings. The van der Waals surface area contributed by atoms with Gasteiger partial charge in [0.2, 0.25) is 5.91 Å². The third kappa shape index (κ3) is 3.33. The molecule has 2 aliphatic rings. The van der Waals surface area contributed by atoms with Gasteiger partial charge in [-0.15, -0.1) is 0 Å². The molecule has 1 saturated heterocycles. The maximum Gasteiger partial charge on any atom is 0.261 e. The van der Waals surface area contributed by atoms with Gasteiger partial charge in [0.25, 0.3) is 5.56 Å². The molecule has 0 N–H and O–H groups in total. The second-order valence-corrected chi connectivity index (χ2v) is 8.61. The van der Waals surface area contributed by atoms with Gasteiger partial charge in [-0.1, -0.05) is 18.0 Å². The molecule has 1 amide bonds. The molecule has 28 heavy (non-hydrogen) atoms. The normalized spacial score (nSPS) is 22.3. The zero-order valence-electron chi connectivity index (χ0n) is 16.7. The zero-order chi connectivity index (χ0) is 20.0. The van der Waals surface area contributed by atoms with Crippen molar-refractivity contribution in [3.63, 3.8) is 0 Å². The van der Waals surface area contributed by atoms with Gasteiger partial charge in [-0.05, 0) is 44.9 Å². The van der Waals surface area contributed by atoms with Crippen LogP contribution in [-0.2, 0) is 11.8 Å². The summed E-state index contributed by atoms with van der Waals surface area (Å²) in [7, 11) is 1.77. The molecule has 0 radical (unpaired) electrons. The molecule has 4 rings (SSSR count). The van der Waals surface area contributed by atoms with Gasteiger partial charge in [0, 0.05) is 43.7 Å². The third-order valence-electron chi connectivity index (χ3n) is 6.39. The van der Waals surface area contributed by atoms with Crippen molar-refractivity contribution in [1.82, 2.24) is 19.4 Å². The van der Waals surface area contributed by atoms with Gasteiger partial charge < -0.3 is 4.90 Å². The van der Waals surface area contributed by atoms with Crippen molar-refractivity contribution in [2.75, 3.05) is 19.6 Å². The Labute approximate surface area is 170 Å². The quantitative estimate of drug-likeness (QED) is 0.791. The molecule has 7 heteroatoms. The van der Waals surface area contributed by atoms with Crippen LogP contribution >= 0.6 is 11.6 Å². The molecule has 150 valence electrons. The monoisotopic (exact) mass is 402 g/mol. The Morgan fingerprint density at radius 3 is 2.68 bits per heavy atom. The molecule has 1 aromatic carbocycles. The fourth-order valence-corrected chi connectivity index (χ4v) is 4.52. The van der Waals surface area contributed by atoms with Crippen LogP contribution in [-0.4, -0.2) is 50.9 Å². The first-order valence-electron chi connectivity index (χ1n) is 10.1. The van der Waals surface area contributed by atoms with E-state index in [1.807, 2.05) is 4.90 Å². The molecular formula is C21H27ClN4O2. The Hall–Kier alpha value is -1.92. The van der Waals surface area contributed by atoms with Crippen LogP contribution in [0.5, 0.6) is 0 Å². The Bertz CT molecular complexity index is 969. The summed E-state index contributed by atoms with van der Waals surface area (Å²) >= 11 is 6.10. The van der Waals surface area contributed by atoms with E-state index in [9.17, 15) is 9.59 Å². The number of benzene rings is 1. The fourth-order valence-electron chi connectivity index (χ4n) is 4.35. The summed E-state index contributed by atoms with van der Waals surface area (Å²) in [5.74, 6) is 1.28. The molecule has 2 unspecified atom stereocenters. The lowest BCUT2D eigenvalue weighted by Crippen LogP contribution is -2.56. The van der Waals surface area contributed by atoms with Crippen LogP contribution in [0.25, 0.3) is 10.9 Å². The van der Waals surface area contributed by atoms with E-state index >= 15 is 0 Å². The first-order chi connectivity index (χ1) is 13.4. The first kappa shape index (κ1) is 19.4. The van der Waals surface area contributed by atoms with Crippen LogP contribution in [0.1, 0.15) is 45.0 Å². The second-order valence-electron chi connectivity index (χ2n) is 8.18. The van der Waals surface area contributed by atoms with E-state index < -0.39 is 0 Å². The highest BCUT2D eigenvalue weighted by molar-refractivity contribution is 6.31. The number of aromatic nitrogens is 2. The summed E-state index contributed by atoms with van der Waals surface area (Å²) in [6.07, 6.45) is 3.25. The van der Waals surface area contributed by atoms with Crippen molar-refractivity contribution in [3.05, 3.63) is 39.4 Å². The van der Waals surface area contributed by atoms with Gasteiger partial charge in [-0.25, -0.2) is 4.98 Å². The van der Waals surface area contributed by atoms with Crippen molar-refractivity contribution < 1.29 is 4.79 Å². The Morgan fingerprint density at radius 1 is 1.29 bits per heavy atom. The molecule has 0 bridgehead atoms. The lowest BCUT2D eigenvalue weighted by Gasteiger charge is -2.44. The van der Waals surface area contributed by atoms with Gasteiger partial charge in [-0.3, -0.25) is 19.1 Å². The number of nitrogens with zero attached hydrogens (tertiary/aromatic N) is 4. The summed E-state index contributed by atoms with van der Waals surface area (Å²) < 4.78 is 1.64. The predicted octanol–water partition coefficient (Wildman–Crippen LogP) is 2.98. The maximum atomic E-state index is 12.8. The minimum Gasteiger partial charge on any atom is -0.337 e. The molecule has 2 fully saturated rings. The molecule has 6 nitrogen and oxygen atoms in total. The van der Waals surface area contributed by atoms with Gasteiger partial charge in [0.05, 0.1) is 16.9 Å². The highest BCUT2D eigenvalue weighted by Crippen LogP contribution is 2.30. The molecule has 2 heterocycles. The fraction of sp³-hybridized carbons (Fsp3) is 0.571. The van der Waals surface area contributed by atoms with E-state index in [4.69, 9.17) is 16.6 Å². The van der Waals surface area contributed by atoms with Crippen LogP contribution < -0.4 is 5.56 Å². The third-order valence-corrected chi connectivity index (χ3v) is 6.63. The standard InChI is InChI=1S/C21H27ClN4O2/c1-13-12-25(9-10-26(13)20(27)15-5-4-6-15)14(2)19-23-18-11-16(22)7-8-17(18)21(28)24(19)3/h7-8,11,13-15H,4-6,9-10,12H2,1-3H3. The average molecular weight is 403 g/mol. The average Bonchev–Trinajstić information content (AvgIpc) is 2.62. The molecule has 0 spiro atoms. The second kappa shape index (κ2) is 7.48. The largest absolute Gasteiger partial charge is 0.337 e. The van der Waals surface area contributed by atoms with E-state index in [2.05, 4.69) is 18.7 Å². The lowest BCUT2D eigenvalue weighted by molar-refractivity contribution is -0.143. The van der Waals surface area contributed by atoms with Crippen LogP contribution in [0.15, 0.2) is 23.0 Å². The predicted molar refractivity (Wildman–Crippen MR) is 110 cm³/mol. The first-order valence-corrected chi connectivity index (χ1v) is 10.5. The summed E-state index contributed by atoms with van der Waals surface area (Å²) in [5.41, 5.74) is 0.569. The van der Waals surface area contributed by atoms with Gasteiger partial charge in [0.1, 0.15) is 5.82 Å². The highest BCUT2D eigenvalue weighted by Gasteiger charge is 2.36. The lowest BCUT2D eigenvalue weighted by atomic mass is 9.84. The van der Waals surface area contributed by atoms with E-state index in [1.54, 1.807) is 29.8 Å². The van der Waals surface area contributed by atoms with E-state index in [0.717, 1.165) is 38.3 Å². The van der Waals surface area contributed by atoms with Gasteiger partial charge in [-0.2, -0.15) is 0 Å². The van der Waals surface area contributed by atoms with Crippen molar-refractivity contribution >= 4 is 28.4 Å². The Balaban J connectivity index is 1.56. The van der Waals surface area contributed by atoms with E-state index in [-0.39, 0.29) is 23.6 Å². The molecule has 1 aromatic heterocycles. The summed E-state index contributed by atoms with van der Waals surface area (Å²) in [6.45, 7) is 6.49. The van der Waals surface area contributed by atoms with Crippen molar-refractivity contribution in [2.24, 2.45) is 13.0 Å². The van der Waals surface area contributed by atoms with Crippen LogP contribution in [0.4, 0.5) is 0 Å². The zero-order valence-corrected chi connectivity index (χ0v) is 17.4. The Kier molecular flexibility index (Phi) is 5.19. The molecular weight excluding hydrogens is 376 g/mol. The van der Waals surface area contributed by atoms with Crippen LogP contribution in [0.3, 0.4) is 0 Å². The Morgan fingerprint density at radius 2 is 2.04 bits per heavy atom. The number of fused-ring (bicyclic) bond motifs is 1. The topological polar surface area (TPSA) is 58.4 Å². The smallest absolute Gasteiger partial charge is 0.261 e. The van der Waals surface area contributed by atoms with Gasteiger partial charge in [0.15, 0.2) is 0 Å². The molecule has 2 atom stereocenters. The summed E-state index contributed by atoms with van der Waals surface area (Å²) in [6, 6.07) is 5.33. The van der Waals surface area contributed by atoms with Crippen LogP contribution in [0.2, 0.25) is 5.02 Å². The molecule has 1 saturated carbocycles. The minimum atomic E-state index is -0.0598. The molecule has 1 aliphatic heterocycles. The van der Waals surface area contributed by atoms with Crippen molar-refractivity contribution in [2.45, 2.75) is 45.2 Å². The number of hydrogen-bond acceptors (Lipinski definition) is 4. The van der Waals surface area contributed by atoms with Crippen LogP contribution in [0, 0.1) is 5.92 Å². The number of carbonyl (C=O) groups is 1. The summed E-state index contributed by atoms with van der Waals surface area (Å²) in [4.78, 5) is 34.5. The summed E-state index contributed by atoms with van der Waals surface area (Å²) in [5, 5.41) is 1.15. The SMILES string of the molecule is CC(c1nc2cc(Cl)ccc2c(=O)n1C)N1CCN(C(=O)C2CCC2)C(C)C1. The van der Waals surface area contributed by atoms with E-state index in [1.165, 1.54) is 6.42 Å². The number of hydrogen-bond donors (Lipinski definition) is 0. The van der Waals surface area contributed by atoms with E-state index in [0.29, 0.717) is 21.8 Å². The number of halogens is 1. The number of rotatable bonds is 3. The highest BCUT2D eigenvalue weighted by atomic mass is 35.5. The number of amides is 1. The minimum absolute atomic E-state index is 0.0236.